The van der Waals surface area contributed by atoms with Gasteiger partial charge in [-0.1, -0.05) is 0 Å². The highest BCUT2D eigenvalue weighted by Crippen LogP contribution is 2.36. The minimum Gasteiger partial charge on any atom is -0.343 e. The van der Waals surface area contributed by atoms with Gasteiger partial charge in [0.05, 0.1) is 0 Å². The van der Waals surface area contributed by atoms with Gasteiger partial charge in [0, 0.05) is 70.7 Å². The Balaban J connectivity index is 1.39. The molecule has 27 heavy (non-hydrogen) atoms. The van der Waals surface area contributed by atoms with Crippen LogP contribution in [0.1, 0.15) is 51.9 Å². The van der Waals surface area contributed by atoms with Crippen LogP contribution >= 0.6 is 0 Å². The summed E-state index contributed by atoms with van der Waals surface area (Å²) in [7, 11) is 2.26. The molecular weight excluding hydrogens is 340 g/mol. The second kappa shape index (κ2) is 7.70. The fraction of sp³-hybridized carbons (Fsp3) is 0.905. The third kappa shape index (κ3) is 4.16. The van der Waals surface area contributed by atoms with Crippen LogP contribution < -0.4 is 0 Å². The Morgan fingerprint density at radius 2 is 1.78 bits per heavy atom. The number of likely N-dealkylation sites (N-methyl/N-ethyl adjacent to an activating group) is 1. The van der Waals surface area contributed by atoms with Crippen LogP contribution in [0.4, 0.5) is 0 Å². The molecule has 0 bridgehead atoms. The summed E-state index contributed by atoms with van der Waals surface area (Å²) in [6.07, 6.45) is 7.59. The summed E-state index contributed by atoms with van der Waals surface area (Å²) in [5.74, 6) is 1.36. The van der Waals surface area contributed by atoms with Crippen molar-refractivity contribution in [3.8, 4) is 0 Å². The maximum absolute atomic E-state index is 12.6. The van der Waals surface area contributed by atoms with Gasteiger partial charge in [-0.3, -0.25) is 19.4 Å². The van der Waals surface area contributed by atoms with E-state index < -0.39 is 0 Å². The first-order valence-electron chi connectivity index (χ1n) is 11.0. The molecule has 0 N–H and O–H groups in total. The Morgan fingerprint density at radius 3 is 2.44 bits per heavy atom. The van der Waals surface area contributed by atoms with Crippen LogP contribution in [0, 0.1) is 5.92 Å². The van der Waals surface area contributed by atoms with Gasteiger partial charge in [0.2, 0.25) is 11.8 Å². The van der Waals surface area contributed by atoms with Gasteiger partial charge < -0.3 is 9.80 Å². The summed E-state index contributed by atoms with van der Waals surface area (Å²) in [6.45, 7) is 8.68. The molecule has 1 saturated carbocycles. The Kier molecular flexibility index (Phi) is 5.48. The van der Waals surface area contributed by atoms with Gasteiger partial charge in [0.25, 0.3) is 0 Å². The van der Waals surface area contributed by atoms with E-state index in [4.69, 9.17) is 0 Å². The largest absolute Gasteiger partial charge is 0.343 e. The van der Waals surface area contributed by atoms with E-state index in [1.807, 2.05) is 4.90 Å². The smallest absolute Gasteiger partial charge is 0.222 e. The Morgan fingerprint density at radius 1 is 1.04 bits per heavy atom. The molecule has 3 heterocycles. The molecule has 1 atom stereocenters. The summed E-state index contributed by atoms with van der Waals surface area (Å²) in [5.41, 5.74) is 0.143. The summed E-state index contributed by atoms with van der Waals surface area (Å²) < 4.78 is 0. The van der Waals surface area contributed by atoms with E-state index in [0.29, 0.717) is 18.4 Å². The molecule has 1 aliphatic carbocycles. The van der Waals surface area contributed by atoms with Crippen LogP contribution in [0.25, 0.3) is 0 Å². The SMILES string of the molecule is CC(=O)N1CCC(N2CCN(C)[C@]3(CCC(=O)N(CC4CC4)CC3)C2)CC1. The van der Waals surface area contributed by atoms with Gasteiger partial charge in [-0.2, -0.15) is 0 Å². The lowest BCUT2D eigenvalue weighted by molar-refractivity contribution is -0.131. The van der Waals surface area contributed by atoms with E-state index in [9.17, 15) is 9.59 Å². The third-order valence-electron chi connectivity index (χ3n) is 7.64. The molecular formula is C21H36N4O2. The molecule has 4 aliphatic rings. The zero-order chi connectivity index (χ0) is 19.0. The highest BCUT2D eigenvalue weighted by atomic mass is 16.2. The van der Waals surface area contributed by atoms with Gasteiger partial charge >= 0.3 is 0 Å². The zero-order valence-electron chi connectivity index (χ0n) is 17.2. The maximum atomic E-state index is 12.6. The Hall–Kier alpha value is -1.14. The number of amides is 2. The van der Waals surface area contributed by atoms with Crippen molar-refractivity contribution in [3.63, 3.8) is 0 Å². The van der Waals surface area contributed by atoms with E-state index >= 15 is 0 Å². The van der Waals surface area contributed by atoms with E-state index in [2.05, 4.69) is 21.7 Å². The van der Waals surface area contributed by atoms with Crippen molar-refractivity contribution in [2.75, 3.05) is 52.9 Å². The van der Waals surface area contributed by atoms with Crippen molar-refractivity contribution in [2.24, 2.45) is 5.92 Å². The van der Waals surface area contributed by atoms with Crippen LogP contribution in [0.2, 0.25) is 0 Å². The molecule has 0 aromatic carbocycles. The van der Waals surface area contributed by atoms with Crippen molar-refractivity contribution >= 4 is 11.8 Å². The Labute approximate surface area is 163 Å². The second-order valence-electron chi connectivity index (χ2n) is 9.39. The summed E-state index contributed by atoms with van der Waals surface area (Å²) >= 11 is 0. The number of likely N-dealkylation sites (tertiary alicyclic amines) is 2. The minimum absolute atomic E-state index is 0.143. The fourth-order valence-corrected chi connectivity index (χ4v) is 5.39. The van der Waals surface area contributed by atoms with Crippen LogP contribution in [0.15, 0.2) is 0 Å². The summed E-state index contributed by atoms with van der Waals surface area (Å²) in [5, 5.41) is 0. The molecule has 6 heteroatoms. The van der Waals surface area contributed by atoms with Crippen LogP contribution in [0.3, 0.4) is 0 Å². The molecule has 2 amide bonds. The number of piperidine rings is 1. The van der Waals surface area contributed by atoms with Gasteiger partial charge in [-0.05, 0) is 51.5 Å². The minimum atomic E-state index is 0.143. The van der Waals surface area contributed by atoms with Crippen LogP contribution in [-0.2, 0) is 9.59 Å². The lowest BCUT2D eigenvalue weighted by atomic mass is 9.85. The quantitative estimate of drug-likeness (QED) is 0.747. The molecule has 1 spiro atoms. The van der Waals surface area contributed by atoms with Crippen molar-refractivity contribution < 1.29 is 9.59 Å². The maximum Gasteiger partial charge on any atom is 0.222 e. The zero-order valence-corrected chi connectivity index (χ0v) is 17.2. The first-order chi connectivity index (χ1) is 13.0. The molecule has 0 aromatic rings. The van der Waals surface area contributed by atoms with Gasteiger partial charge in [0.1, 0.15) is 0 Å². The molecule has 0 aromatic heterocycles. The number of hydrogen-bond donors (Lipinski definition) is 0. The normalized spacial score (nSPS) is 32.1. The summed E-state index contributed by atoms with van der Waals surface area (Å²) in [4.78, 5) is 33.6. The molecule has 152 valence electrons. The molecule has 0 unspecified atom stereocenters. The summed E-state index contributed by atoms with van der Waals surface area (Å²) in [6, 6.07) is 0.590. The van der Waals surface area contributed by atoms with Gasteiger partial charge in [-0.25, -0.2) is 0 Å². The van der Waals surface area contributed by atoms with Gasteiger partial charge in [-0.15, -0.1) is 0 Å². The van der Waals surface area contributed by atoms with Crippen LogP contribution in [-0.4, -0.2) is 95.9 Å². The van der Waals surface area contributed by atoms with Crippen molar-refractivity contribution in [3.05, 3.63) is 0 Å². The van der Waals surface area contributed by atoms with Crippen molar-refractivity contribution in [2.45, 2.75) is 63.5 Å². The predicted octanol–water partition coefficient (Wildman–Crippen LogP) is 1.41. The number of hydrogen-bond acceptors (Lipinski definition) is 4. The average Bonchev–Trinajstić information content (AvgIpc) is 3.50. The van der Waals surface area contributed by atoms with E-state index in [1.165, 1.54) is 12.8 Å². The predicted molar refractivity (Wildman–Crippen MR) is 105 cm³/mol. The number of carbonyl (C=O) groups excluding carboxylic acids is 2. The van der Waals surface area contributed by atoms with Crippen molar-refractivity contribution in [1.29, 1.82) is 0 Å². The molecule has 6 nitrogen and oxygen atoms in total. The van der Waals surface area contributed by atoms with Gasteiger partial charge in [0.15, 0.2) is 0 Å². The standard InChI is InChI=1S/C21H36N4O2/c1-17(26)23-10-6-19(7-11-23)25-14-13-22(2)21(16-25)8-5-20(27)24(12-9-21)15-18-3-4-18/h18-19H,3-16H2,1-2H3/t21-/m0/s1. The number of carbonyl (C=O) groups is 2. The molecule has 3 saturated heterocycles. The topological polar surface area (TPSA) is 47.1 Å². The van der Waals surface area contributed by atoms with Crippen LogP contribution in [0.5, 0.6) is 0 Å². The molecule has 0 radical (unpaired) electrons. The number of piperazine rings is 1. The third-order valence-corrected chi connectivity index (χ3v) is 7.64. The molecule has 4 fully saturated rings. The average molecular weight is 377 g/mol. The van der Waals surface area contributed by atoms with Crippen molar-refractivity contribution in [1.82, 2.24) is 19.6 Å². The fourth-order valence-electron chi connectivity index (χ4n) is 5.39. The highest BCUT2D eigenvalue weighted by molar-refractivity contribution is 5.76. The second-order valence-corrected chi connectivity index (χ2v) is 9.39. The molecule has 4 rings (SSSR count). The first kappa shape index (κ1) is 19.2. The molecule has 3 aliphatic heterocycles. The number of rotatable bonds is 3. The Bertz CT molecular complexity index is 571. The highest BCUT2D eigenvalue weighted by Gasteiger charge is 2.44. The van der Waals surface area contributed by atoms with E-state index in [0.717, 1.165) is 77.4 Å². The first-order valence-corrected chi connectivity index (χ1v) is 11.0. The monoisotopic (exact) mass is 376 g/mol. The van der Waals surface area contributed by atoms with E-state index in [1.54, 1.807) is 6.92 Å². The van der Waals surface area contributed by atoms with E-state index in [-0.39, 0.29) is 11.4 Å². The lowest BCUT2D eigenvalue weighted by Crippen LogP contribution is -2.63. The number of nitrogens with zero attached hydrogens (tertiary/aromatic N) is 4. The lowest BCUT2D eigenvalue weighted by Gasteiger charge is -2.52.